The molecule has 0 radical (unpaired) electrons. The van der Waals surface area contributed by atoms with Gasteiger partial charge in [-0.1, -0.05) is 40.5 Å². The highest BCUT2D eigenvalue weighted by Gasteiger charge is 2.23. The minimum absolute atomic E-state index is 0.0119. The van der Waals surface area contributed by atoms with Crippen molar-refractivity contribution in [1.29, 1.82) is 0 Å². The largest absolute Gasteiger partial charge is 0.373 e. The van der Waals surface area contributed by atoms with E-state index in [2.05, 4.69) is 44.1 Å². The molecule has 0 aliphatic heterocycles. The van der Waals surface area contributed by atoms with Gasteiger partial charge in [-0.15, -0.1) is 11.8 Å². The molecular formula is C16H27N3S. The van der Waals surface area contributed by atoms with Gasteiger partial charge in [0.05, 0.1) is 0 Å². The van der Waals surface area contributed by atoms with Crippen LogP contribution in [-0.4, -0.2) is 22.3 Å². The summed E-state index contributed by atoms with van der Waals surface area (Å²) in [5.41, 5.74) is -0.0119. The second-order valence-corrected chi connectivity index (χ2v) is 8.25. The van der Waals surface area contributed by atoms with Crippen LogP contribution in [0.4, 0.5) is 5.82 Å². The number of anilines is 1. The summed E-state index contributed by atoms with van der Waals surface area (Å²) in [5, 5.41) is 4.99. The third-order valence-corrected chi connectivity index (χ3v) is 5.02. The second-order valence-electron chi connectivity index (χ2n) is 6.93. The molecule has 1 aromatic heterocycles. The van der Waals surface area contributed by atoms with Crippen molar-refractivity contribution in [3.8, 4) is 0 Å². The molecule has 1 saturated carbocycles. The van der Waals surface area contributed by atoms with Crippen LogP contribution < -0.4 is 5.32 Å². The zero-order chi connectivity index (χ0) is 14.8. The van der Waals surface area contributed by atoms with E-state index in [0.29, 0.717) is 5.25 Å². The van der Waals surface area contributed by atoms with E-state index in [1.54, 1.807) is 0 Å². The van der Waals surface area contributed by atoms with Crippen LogP contribution in [0.2, 0.25) is 0 Å². The topological polar surface area (TPSA) is 37.8 Å². The molecule has 4 heteroatoms. The Balaban J connectivity index is 2.18. The molecule has 2 atom stereocenters. The highest BCUT2D eigenvalue weighted by Crippen LogP contribution is 2.36. The standard InChI is InChI=1S/C16H27N3S/c1-11-7-6-8-12(9-11)20-14-10-13(17-5)18-15(19-14)16(2,3)4/h10-12H,6-9H2,1-5H3,(H,17,18,19). The fraction of sp³-hybridized carbons (Fsp3) is 0.750. The second kappa shape index (κ2) is 6.33. The van der Waals surface area contributed by atoms with Gasteiger partial charge >= 0.3 is 0 Å². The van der Waals surface area contributed by atoms with Gasteiger partial charge in [0.2, 0.25) is 0 Å². The van der Waals surface area contributed by atoms with Crippen molar-refractivity contribution in [2.45, 2.75) is 69.1 Å². The highest BCUT2D eigenvalue weighted by atomic mass is 32.2. The Hall–Kier alpha value is -0.770. The van der Waals surface area contributed by atoms with Crippen molar-refractivity contribution in [2.24, 2.45) is 5.92 Å². The lowest BCUT2D eigenvalue weighted by Gasteiger charge is -2.26. The Labute approximate surface area is 127 Å². The van der Waals surface area contributed by atoms with E-state index in [4.69, 9.17) is 4.98 Å². The van der Waals surface area contributed by atoms with Gasteiger partial charge in [0.15, 0.2) is 0 Å². The predicted octanol–water partition coefficient (Wildman–Crippen LogP) is 4.49. The van der Waals surface area contributed by atoms with Crippen LogP contribution in [0.1, 0.15) is 59.2 Å². The number of hydrogen-bond acceptors (Lipinski definition) is 4. The predicted molar refractivity (Wildman–Crippen MR) is 87.6 cm³/mol. The Bertz CT molecular complexity index is 454. The van der Waals surface area contributed by atoms with Crippen LogP contribution in [0.5, 0.6) is 0 Å². The minimum Gasteiger partial charge on any atom is -0.373 e. The zero-order valence-electron chi connectivity index (χ0n) is 13.4. The van der Waals surface area contributed by atoms with Gasteiger partial charge in [0.1, 0.15) is 16.7 Å². The molecule has 1 aromatic rings. The van der Waals surface area contributed by atoms with Crippen molar-refractivity contribution < 1.29 is 0 Å². The molecule has 0 spiro atoms. The van der Waals surface area contributed by atoms with Crippen LogP contribution in [0.3, 0.4) is 0 Å². The number of hydrogen-bond donors (Lipinski definition) is 1. The Morgan fingerprint density at radius 3 is 2.60 bits per heavy atom. The summed E-state index contributed by atoms with van der Waals surface area (Å²) in [6.07, 6.45) is 5.37. The first-order chi connectivity index (χ1) is 9.38. The molecule has 0 aromatic carbocycles. The fourth-order valence-electron chi connectivity index (χ4n) is 2.61. The molecule has 2 rings (SSSR count). The molecule has 1 heterocycles. The summed E-state index contributed by atoms with van der Waals surface area (Å²) in [7, 11) is 1.92. The smallest absolute Gasteiger partial charge is 0.137 e. The number of aromatic nitrogens is 2. The van der Waals surface area contributed by atoms with E-state index in [0.717, 1.165) is 22.6 Å². The first-order valence-electron chi connectivity index (χ1n) is 7.62. The number of rotatable bonds is 3. The van der Waals surface area contributed by atoms with E-state index in [9.17, 15) is 0 Å². The average molecular weight is 293 g/mol. The number of nitrogens with one attached hydrogen (secondary N) is 1. The molecule has 2 unspecified atom stereocenters. The molecule has 1 fully saturated rings. The van der Waals surface area contributed by atoms with Gasteiger partial charge in [-0.25, -0.2) is 9.97 Å². The molecule has 112 valence electrons. The Morgan fingerprint density at radius 2 is 2.00 bits per heavy atom. The normalized spacial score (nSPS) is 23.6. The van der Waals surface area contributed by atoms with Crippen LogP contribution in [-0.2, 0) is 5.41 Å². The third-order valence-electron chi connectivity index (χ3n) is 3.81. The van der Waals surface area contributed by atoms with Gasteiger partial charge in [0.25, 0.3) is 0 Å². The lowest BCUT2D eigenvalue weighted by molar-refractivity contribution is 0.394. The number of nitrogens with zero attached hydrogens (tertiary/aromatic N) is 2. The summed E-state index contributed by atoms with van der Waals surface area (Å²) in [5.74, 6) is 2.71. The van der Waals surface area contributed by atoms with Crippen molar-refractivity contribution in [2.75, 3.05) is 12.4 Å². The maximum absolute atomic E-state index is 4.78. The summed E-state index contributed by atoms with van der Waals surface area (Å²) in [4.78, 5) is 9.38. The van der Waals surface area contributed by atoms with Crippen molar-refractivity contribution in [3.63, 3.8) is 0 Å². The van der Waals surface area contributed by atoms with E-state index in [1.807, 2.05) is 18.8 Å². The van der Waals surface area contributed by atoms with Gasteiger partial charge in [-0.2, -0.15) is 0 Å². The summed E-state index contributed by atoms with van der Waals surface area (Å²) in [6, 6.07) is 2.08. The van der Waals surface area contributed by atoms with Crippen LogP contribution in [0, 0.1) is 5.92 Å². The van der Waals surface area contributed by atoms with E-state index in [-0.39, 0.29) is 5.41 Å². The monoisotopic (exact) mass is 293 g/mol. The van der Waals surface area contributed by atoms with E-state index >= 15 is 0 Å². The first kappa shape index (κ1) is 15.6. The lowest BCUT2D eigenvalue weighted by Crippen LogP contribution is -2.18. The molecule has 0 bridgehead atoms. The highest BCUT2D eigenvalue weighted by molar-refractivity contribution is 7.99. The summed E-state index contributed by atoms with van der Waals surface area (Å²) >= 11 is 1.94. The Kier molecular flexibility index (Phi) is 4.95. The van der Waals surface area contributed by atoms with Gasteiger partial charge in [-0.3, -0.25) is 0 Å². The maximum atomic E-state index is 4.78. The molecule has 0 saturated heterocycles. The quantitative estimate of drug-likeness (QED) is 0.833. The average Bonchev–Trinajstić information content (AvgIpc) is 2.37. The maximum Gasteiger partial charge on any atom is 0.137 e. The fourth-order valence-corrected chi connectivity index (χ4v) is 3.97. The molecule has 1 aliphatic rings. The third kappa shape index (κ3) is 4.11. The van der Waals surface area contributed by atoms with Crippen molar-refractivity contribution in [3.05, 3.63) is 11.9 Å². The van der Waals surface area contributed by atoms with Crippen LogP contribution >= 0.6 is 11.8 Å². The molecule has 0 amide bonds. The molecule has 3 nitrogen and oxygen atoms in total. The van der Waals surface area contributed by atoms with E-state index < -0.39 is 0 Å². The van der Waals surface area contributed by atoms with E-state index in [1.165, 1.54) is 25.7 Å². The SMILES string of the molecule is CNc1cc(SC2CCCC(C)C2)nc(C(C)(C)C)n1. The van der Waals surface area contributed by atoms with Crippen molar-refractivity contribution >= 4 is 17.6 Å². The molecular weight excluding hydrogens is 266 g/mol. The summed E-state index contributed by atoms with van der Waals surface area (Å²) < 4.78 is 0. The lowest BCUT2D eigenvalue weighted by atomic mass is 9.91. The van der Waals surface area contributed by atoms with Crippen LogP contribution in [0.15, 0.2) is 11.1 Å². The molecule has 1 N–H and O–H groups in total. The number of thioether (sulfide) groups is 1. The molecule has 1 aliphatic carbocycles. The van der Waals surface area contributed by atoms with Crippen LogP contribution in [0.25, 0.3) is 0 Å². The Morgan fingerprint density at radius 1 is 1.25 bits per heavy atom. The minimum atomic E-state index is -0.0119. The molecule has 20 heavy (non-hydrogen) atoms. The van der Waals surface area contributed by atoms with Gasteiger partial charge in [0, 0.05) is 23.8 Å². The van der Waals surface area contributed by atoms with Gasteiger partial charge in [-0.05, 0) is 18.8 Å². The zero-order valence-corrected chi connectivity index (χ0v) is 14.2. The first-order valence-corrected chi connectivity index (χ1v) is 8.50. The van der Waals surface area contributed by atoms with Crippen molar-refractivity contribution in [1.82, 2.24) is 9.97 Å². The van der Waals surface area contributed by atoms with Gasteiger partial charge < -0.3 is 5.32 Å². The summed E-state index contributed by atoms with van der Waals surface area (Å²) in [6.45, 7) is 8.86.